The average Bonchev–Trinajstić information content (AvgIpc) is 2.61. The second-order valence-electron chi connectivity index (χ2n) is 5.72. The van der Waals surface area contributed by atoms with Crippen LogP contribution in [0.25, 0.3) is 0 Å². The molecule has 1 N–H and O–H groups in total. The van der Waals surface area contributed by atoms with Gasteiger partial charge in [-0.25, -0.2) is 5.43 Å². The van der Waals surface area contributed by atoms with Crippen molar-refractivity contribution in [3.63, 3.8) is 0 Å². The molecule has 4 heteroatoms. The molecule has 0 aliphatic rings. The van der Waals surface area contributed by atoms with E-state index in [-0.39, 0.29) is 12.3 Å². The number of hydrogen-bond acceptors (Lipinski definition) is 2. The molecule has 0 fully saturated rings. The Balaban J connectivity index is 2.00. The number of hydrogen-bond donors (Lipinski definition) is 1. The maximum Gasteiger partial charge on any atom is 0.244 e. The molecule has 24 heavy (non-hydrogen) atoms. The molecule has 2 aromatic rings. The van der Waals surface area contributed by atoms with Gasteiger partial charge in [-0.15, -0.1) is 0 Å². The van der Waals surface area contributed by atoms with Crippen LogP contribution in [0.15, 0.2) is 59.7 Å². The van der Waals surface area contributed by atoms with E-state index in [2.05, 4.69) is 17.5 Å². The maximum atomic E-state index is 12.1. The quantitative estimate of drug-likeness (QED) is 0.410. The fourth-order valence-electron chi connectivity index (χ4n) is 2.39. The summed E-state index contributed by atoms with van der Waals surface area (Å²) in [6.45, 7) is 2.17. The van der Waals surface area contributed by atoms with Crippen LogP contribution in [-0.4, -0.2) is 11.6 Å². The highest BCUT2D eigenvalue weighted by atomic mass is 35.5. The smallest absolute Gasteiger partial charge is 0.244 e. The Hall–Kier alpha value is -2.13. The Morgan fingerprint density at radius 3 is 2.42 bits per heavy atom. The van der Waals surface area contributed by atoms with E-state index < -0.39 is 0 Å². The largest absolute Gasteiger partial charge is 0.273 e. The summed E-state index contributed by atoms with van der Waals surface area (Å²) in [6.07, 6.45) is 4.53. The molecule has 0 saturated heterocycles. The number of carbonyl (C=O) groups is 1. The number of carbonyl (C=O) groups excluding carboxylic acids is 1. The molecule has 0 radical (unpaired) electrons. The fourth-order valence-corrected chi connectivity index (χ4v) is 2.52. The highest BCUT2D eigenvalue weighted by Crippen LogP contribution is 2.11. The summed E-state index contributed by atoms with van der Waals surface area (Å²) >= 11 is 5.86. The number of rotatable bonds is 8. The molecule has 0 heterocycles. The van der Waals surface area contributed by atoms with Gasteiger partial charge in [0.1, 0.15) is 0 Å². The normalized spacial score (nSPS) is 11.3. The summed E-state index contributed by atoms with van der Waals surface area (Å²) < 4.78 is 0. The van der Waals surface area contributed by atoms with Gasteiger partial charge in [-0.3, -0.25) is 4.79 Å². The van der Waals surface area contributed by atoms with Crippen molar-refractivity contribution in [3.8, 4) is 0 Å². The van der Waals surface area contributed by atoms with Crippen molar-refractivity contribution in [2.75, 3.05) is 0 Å². The molecular formula is C20H23ClN2O. The lowest BCUT2D eigenvalue weighted by Crippen LogP contribution is -2.22. The second-order valence-corrected chi connectivity index (χ2v) is 6.16. The van der Waals surface area contributed by atoms with Crippen LogP contribution in [0.5, 0.6) is 0 Å². The first-order chi connectivity index (χ1) is 11.7. The third-order valence-electron chi connectivity index (χ3n) is 3.72. The monoisotopic (exact) mass is 342 g/mol. The molecule has 0 aliphatic carbocycles. The number of nitrogens with one attached hydrogen (secondary N) is 1. The van der Waals surface area contributed by atoms with Crippen LogP contribution in [-0.2, 0) is 11.2 Å². The number of unbranched alkanes of at least 4 members (excludes halogenated alkanes) is 2. The lowest BCUT2D eigenvalue weighted by atomic mass is 10.0. The summed E-state index contributed by atoms with van der Waals surface area (Å²) in [5.74, 6) is -0.124. The van der Waals surface area contributed by atoms with E-state index in [0.29, 0.717) is 5.02 Å². The van der Waals surface area contributed by atoms with Crippen molar-refractivity contribution in [2.45, 2.75) is 39.0 Å². The van der Waals surface area contributed by atoms with Crippen LogP contribution >= 0.6 is 11.6 Å². The molecular weight excluding hydrogens is 320 g/mol. The Morgan fingerprint density at radius 1 is 1.04 bits per heavy atom. The second kappa shape index (κ2) is 9.89. The minimum atomic E-state index is -0.124. The highest BCUT2D eigenvalue weighted by Gasteiger charge is 2.06. The zero-order valence-corrected chi connectivity index (χ0v) is 14.7. The van der Waals surface area contributed by atoms with Crippen molar-refractivity contribution in [3.05, 3.63) is 70.7 Å². The summed E-state index contributed by atoms with van der Waals surface area (Å²) in [6, 6.07) is 17.3. The van der Waals surface area contributed by atoms with E-state index in [4.69, 9.17) is 11.6 Å². The summed E-state index contributed by atoms with van der Waals surface area (Å²) in [7, 11) is 0. The van der Waals surface area contributed by atoms with Gasteiger partial charge in [0.2, 0.25) is 5.91 Å². The number of amides is 1. The molecule has 0 atom stereocenters. The molecule has 0 saturated carbocycles. The van der Waals surface area contributed by atoms with E-state index in [1.807, 2.05) is 42.5 Å². The van der Waals surface area contributed by atoms with E-state index in [1.165, 1.54) is 0 Å². The highest BCUT2D eigenvalue weighted by molar-refractivity contribution is 6.30. The molecule has 0 spiro atoms. The Bertz CT molecular complexity index is 666. The molecule has 1 amide bonds. The van der Waals surface area contributed by atoms with Gasteiger partial charge >= 0.3 is 0 Å². The SMILES string of the molecule is CCCCCC(=NNC(=O)Cc1ccc(Cl)cc1)c1ccccc1. The Morgan fingerprint density at radius 2 is 1.75 bits per heavy atom. The number of halogens is 1. The van der Waals surface area contributed by atoms with Gasteiger partial charge in [-0.1, -0.05) is 73.8 Å². The zero-order chi connectivity index (χ0) is 17.2. The van der Waals surface area contributed by atoms with Crippen molar-refractivity contribution in [1.82, 2.24) is 5.43 Å². The van der Waals surface area contributed by atoms with E-state index in [1.54, 1.807) is 12.1 Å². The first kappa shape index (κ1) is 18.2. The lowest BCUT2D eigenvalue weighted by molar-refractivity contribution is -0.120. The number of hydrazone groups is 1. The van der Waals surface area contributed by atoms with Gasteiger partial charge in [-0.05, 0) is 36.1 Å². The van der Waals surface area contributed by atoms with Crippen LogP contribution in [0.2, 0.25) is 5.02 Å². The van der Waals surface area contributed by atoms with E-state index in [0.717, 1.165) is 42.5 Å². The molecule has 2 aromatic carbocycles. The Labute approximate surface area is 148 Å². The number of nitrogens with zero attached hydrogens (tertiary/aromatic N) is 1. The van der Waals surface area contributed by atoms with E-state index in [9.17, 15) is 4.79 Å². The van der Waals surface area contributed by atoms with Gasteiger partial charge in [0.15, 0.2) is 0 Å². The molecule has 2 rings (SSSR count). The molecule has 0 aromatic heterocycles. The minimum Gasteiger partial charge on any atom is -0.273 e. The topological polar surface area (TPSA) is 41.5 Å². The third kappa shape index (κ3) is 6.17. The molecule has 3 nitrogen and oxygen atoms in total. The summed E-state index contributed by atoms with van der Waals surface area (Å²) in [4.78, 5) is 12.1. The third-order valence-corrected chi connectivity index (χ3v) is 3.97. The standard InChI is InChI=1S/C20H23ClN2O/c1-2-3-5-10-19(17-8-6-4-7-9-17)22-23-20(24)15-16-11-13-18(21)14-12-16/h4,6-9,11-14H,2-3,5,10,15H2,1H3,(H,23,24). The van der Waals surface area contributed by atoms with Gasteiger partial charge in [0, 0.05) is 5.02 Å². The first-order valence-corrected chi connectivity index (χ1v) is 8.72. The van der Waals surface area contributed by atoms with Gasteiger partial charge in [-0.2, -0.15) is 5.10 Å². The molecule has 126 valence electrons. The van der Waals surface area contributed by atoms with Crippen LogP contribution < -0.4 is 5.43 Å². The van der Waals surface area contributed by atoms with Gasteiger partial charge in [0.25, 0.3) is 0 Å². The predicted octanol–water partition coefficient (Wildman–Crippen LogP) is 4.98. The summed E-state index contributed by atoms with van der Waals surface area (Å²) in [5, 5.41) is 5.04. The molecule has 0 bridgehead atoms. The summed E-state index contributed by atoms with van der Waals surface area (Å²) in [5.41, 5.74) is 5.58. The van der Waals surface area contributed by atoms with E-state index >= 15 is 0 Å². The zero-order valence-electron chi connectivity index (χ0n) is 14.0. The van der Waals surface area contributed by atoms with Crippen molar-refractivity contribution < 1.29 is 4.79 Å². The first-order valence-electron chi connectivity index (χ1n) is 8.34. The van der Waals surface area contributed by atoms with Crippen molar-refractivity contribution in [2.24, 2.45) is 5.10 Å². The molecule has 0 unspecified atom stereocenters. The predicted molar refractivity (Wildman–Crippen MR) is 100 cm³/mol. The molecule has 0 aliphatic heterocycles. The van der Waals surface area contributed by atoms with Crippen LogP contribution in [0.4, 0.5) is 0 Å². The van der Waals surface area contributed by atoms with Gasteiger partial charge in [0.05, 0.1) is 12.1 Å². The number of benzene rings is 2. The maximum absolute atomic E-state index is 12.1. The van der Waals surface area contributed by atoms with Crippen LogP contribution in [0, 0.1) is 0 Å². The average molecular weight is 343 g/mol. The van der Waals surface area contributed by atoms with Crippen LogP contribution in [0.1, 0.15) is 43.7 Å². The fraction of sp³-hybridized carbons (Fsp3) is 0.300. The van der Waals surface area contributed by atoms with Crippen molar-refractivity contribution in [1.29, 1.82) is 0 Å². The van der Waals surface area contributed by atoms with Gasteiger partial charge < -0.3 is 0 Å². The van der Waals surface area contributed by atoms with Crippen molar-refractivity contribution >= 4 is 23.2 Å². The Kier molecular flexibility index (Phi) is 7.50. The van der Waals surface area contributed by atoms with Crippen LogP contribution in [0.3, 0.4) is 0 Å². The lowest BCUT2D eigenvalue weighted by Gasteiger charge is -2.08. The minimum absolute atomic E-state index is 0.124.